The SMILES string of the molecule is COc1cc(OC)nc(C(=O)c2cccnc2C(=O)O)n1. The molecule has 0 aliphatic carbocycles. The van der Waals surface area contributed by atoms with Gasteiger partial charge in [-0.2, -0.15) is 9.97 Å². The normalized spacial score (nSPS) is 10.0. The van der Waals surface area contributed by atoms with Crippen molar-refractivity contribution in [2.45, 2.75) is 0 Å². The quantitative estimate of drug-likeness (QED) is 0.805. The van der Waals surface area contributed by atoms with Crippen molar-refractivity contribution in [1.82, 2.24) is 15.0 Å². The fourth-order valence-electron chi connectivity index (χ4n) is 1.59. The highest BCUT2D eigenvalue weighted by molar-refractivity contribution is 6.11. The van der Waals surface area contributed by atoms with Gasteiger partial charge in [-0.05, 0) is 12.1 Å². The average Bonchev–Trinajstić information content (AvgIpc) is 2.53. The van der Waals surface area contributed by atoms with Crippen molar-refractivity contribution in [2.75, 3.05) is 14.2 Å². The van der Waals surface area contributed by atoms with Gasteiger partial charge >= 0.3 is 5.97 Å². The van der Waals surface area contributed by atoms with Crippen molar-refractivity contribution in [3.63, 3.8) is 0 Å². The summed E-state index contributed by atoms with van der Waals surface area (Å²) in [4.78, 5) is 34.9. The standard InChI is InChI=1S/C13H11N3O5/c1-20-8-6-9(21-2)16-12(15-8)11(17)7-4-3-5-14-10(7)13(18)19/h3-6H,1-2H3,(H,18,19). The van der Waals surface area contributed by atoms with Crippen molar-refractivity contribution in [3.05, 3.63) is 41.5 Å². The lowest BCUT2D eigenvalue weighted by atomic mass is 10.1. The fraction of sp³-hybridized carbons (Fsp3) is 0.154. The number of aromatic carboxylic acids is 1. The van der Waals surface area contributed by atoms with Crippen LogP contribution in [0.4, 0.5) is 0 Å². The summed E-state index contributed by atoms with van der Waals surface area (Å²) in [6, 6.07) is 4.20. The Morgan fingerprint density at radius 1 is 1.14 bits per heavy atom. The fourth-order valence-corrected chi connectivity index (χ4v) is 1.59. The molecule has 108 valence electrons. The Bertz CT molecular complexity index is 680. The predicted octanol–water partition coefficient (Wildman–Crippen LogP) is 0.818. The van der Waals surface area contributed by atoms with E-state index in [4.69, 9.17) is 14.6 Å². The molecule has 0 saturated heterocycles. The number of rotatable bonds is 5. The Kier molecular flexibility index (Phi) is 4.07. The van der Waals surface area contributed by atoms with Crippen LogP contribution in [0.25, 0.3) is 0 Å². The number of methoxy groups -OCH3 is 2. The van der Waals surface area contributed by atoms with Crippen LogP contribution < -0.4 is 9.47 Å². The lowest BCUT2D eigenvalue weighted by Gasteiger charge is -2.06. The van der Waals surface area contributed by atoms with Gasteiger partial charge in [-0.3, -0.25) is 4.79 Å². The van der Waals surface area contributed by atoms with Gasteiger partial charge in [-0.1, -0.05) is 0 Å². The molecule has 2 rings (SSSR count). The zero-order valence-corrected chi connectivity index (χ0v) is 11.2. The molecule has 0 unspecified atom stereocenters. The Labute approximate surface area is 119 Å². The van der Waals surface area contributed by atoms with E-state index in [0.717, 1.165) is 0 Å². The Morgan fingerprint density at radius 2 is 1.76 bits per heavy atom. The van der Waals surface area contributed by atoms with Crippen LogP contribution in [0.15, 0.2) is 24.4 Å². The summed E-state index contributed by atoms with van der Waals surface area (Å²) in [5.41, 5.74) is -0.479. The number of carbonyl (C=O) groups is 2. The zero-order valence-electron chi connectivity index (χ0n) is 11.2. The minimum Gasteiger partial charge on any atom is -0.481 e. The first-order valence-electron chi connectivity index (χ1n) is 5.77. The molecular formula is C13H11N3O5. The number of nitrogens with zero attached hydrogens (tertiary/aromatic N) is 3. The van der Waals surface area contributed by atoms with Crippen LogP contribution in [0.3, 0.4) is 0 Å². The highest BCUT2D eigenvalue weighted by Gasteiger charge is 2.22. The van der Waals surface area contributed by atoms with E-state index in [1.807, 2.05) is 0 Å². The van der Waals surface area contributed by atoms with Crippen LogP contribution in [0, 0.1) is 0 Å². The molecule has 0 saturated carbocycles. The molecule has 0 radical (unpaired) electrons. The third kappa shape index (κ3) is 2.94. The summed E-state index contributed by atoms with van der Waals surface area (Å²) in [5, 5.41) is 9.06. The monoisotopic (exact) mass is 289 g/mol. The molecule has 2 aromatic heterocycles. The largest absolute Gasteiger partial charge is 0.481 e. The van der Waals surface area contributed by atoms with Crippen LogP contribution in [-0.2, 0) is 0 Å². The van der Waals surface area contributed by atoms with Crippen LogP contribution in [0.2, 0.25) is 0 Å². The number of ketones is 1. The minimum atomic E-state index is -1.31. The Balaban J connectivity index is 2.52. The summed E-state index contributed by atoms with van der Waals surface area (Å²) in [5.74, 6) is -1.97. The average molecular weight is 289 g/mol. The first-order valence-corrected chi connectivity index (χ1v) is 5.77. The van der Waals surface area contributed by atoms with Crippen LogP contribution in [-0.4, -0.2) is 46.0 Å². The first kappa shape index (κ1) is 14.4. The lowest BCUT2D eigenvalue weighted by Crippen LogP contribution is -2.14. The number of aromatic nitrogens is 3. The number of carbonyl (C=O) groups excluding carboxylic acids is 1. The van der Waals surface area contributed by atoms with Gasteiger partial charge in [-0.15, -0.1) is 0 Å². The van der Waals surface area contributed by atoms with E-state index in [2.05, 4.69) is 15.0 Å². The predicted molar refractivity (Wildman–Crippen MR) is 69.8 cm³/mol. The third-order valence-corrected chi connectivity index (χ3v) is 2.56. The van der Waals surface area contributed by atoms with Crippen LogP contribution in [0.1, 0.15) is 26.7 Å². The van der Waals surface area contributed by atoms with E-state index in [0.29, 0.717) is 0 Å². The van der Waals surface area contributed by atoms with Gasteiger partial charge in [0.25, 0.3) is 0 Å². The van der Waals surface area contributed by atoms with Crippen molar-refractivity contribution in [3.8, 4) is 11.8 Å². The van der Waals surface area contributed by atoms with E-state index < -0.39 is 11.8 Å². The number of hydrogen-bond donors (Lipinski definition) is 1. The zero-order chi connectivity index (χ0) is 15.4. The van der Waals surface area contributed by atoms with Gasteiger partial charge in [0.1, 0.15) is 0 Å². The molecule has 0 fully saturated rings. The van der Waals surface area contributed by atoms with Gasteiger partial charge in [0.2, 0.25) is 23.4 Å². The van der Waals surface area contributed by atoms with E-state index in [1.54, 1.807) is 0 Å². The van der Waals surface area contributed by atoms with E-state index >= 15 is 0 Å². The molecule has 0 aliphatic heterocycles. The molecule has 0 aromatic carbocycles. The summed E-state index contributed by atoms with van der Waals surface area (Å²) in [6.07, 6.45) is 1.28. The molecule has 0 spiro atoms. The van der Waals surface area contributed by atoms with Crippen molar-refractivity contribution >= 4 is 11.8 Å². The van der Waals surface area contributed by atoms with Crippen LogP contribution >= 0.6 is 0 Å². The molecule has 0 amide bonds. The third-order valence-electron chi connectivity index (χ3n) is 2.56. The number of carboxylic acid groups (broad SMARTS) is 1. The van der Waals surface area contributed by atoms with Gasteiger partial charge in [0, 0.05) is 6.20 Å². The van der Waals surface area contributed by atoms with E-state index in [1.165, 1.54) is 38.6 Å². The van der Waals surface area contributed by atoms with Gasteiger partial charge in [0.05, 0.1) is 25.8 Å². The van der Waals surface area contributed by atoms with Gasteiger partial charge in [0.15, 0.2) is 5.69 Å². The molecule has 8 nitrogen and oxygen atoms in total. The maximum Gasteiger partial charge on any atom is 0.355 e. The van der Waals surface area contributed by atoms with Crippen molar-refractivity contribution < 1.29 is 24.2 Å². The molecule has 8 heteroatoms. The van der Waals surface area contributed by atoms with Crippen LogP contribution in [0.5, 0.6) is 11.8 Å². The summed E-state index contributed by atoms with van der Waals surface area (Å²) >= 11 is 0. The Hall–Kier alpha value is -3.03. The van der Waals surface area contributed by atoms with Gasteiger partial charge in [-0.25, -0.2) is 9.78 Å². The van der Waals surface area contributed by atoms with Crippen molar-refractivity contribution in [1.29, 1.82) is 0 Å². The molecule has 0 atom stereocenters. The molecule has 21 heavy (non-hydrogen) atoms. The summed E-state index contributed by atoms with van der Waals surface area (Å²) < 4.78 is 9.89. The number of hydrogen-bond acceptors (Lipinski definition) is 7. The van der Waals surface area contributed by atoms with Gasteiger partial charge < -0.3 is 14.6 Å². The summed E-state index contributed by atoms with van der Waals surface area (Å²) in [7, 11) is 2.76. The minimum absolute atomic E-state index is 0.111. The smallest absolute Gasteiger partial charge is 0.355 e. The molecule has 1 N–H and O–H groups in total. The first-order chi connectivity index (χ1) is 10.1. The number of carboxylic acids is 1. The second-order valence-electron chi connectivity index (χ2n) is 3.81. The van der Waals surface area contributed by atoms with Crippen molar-refractivity contribution in [2.24, 2.45) is 0 Å². The molecule has 2 heterocycles. The second kappa shape index (κ2) is 5.95. The number of pyridine rings is 1. The molecule has 2 aromatic rings. The molecule has 0 aliphatic rings. The second-order valence-corrected chi connectivity index (χ2v) is 3.81. The highest BCUT2D eigenvalue weighted by atomic mass is 16.5. The maximum absolute atomic E-state index is 12.4. The molecule has 0 bridgehead atoms. The molecular weight excluding hydrogens is 278 g/mol. The van der Waals surface area contributed by atoms with E-state index in [-0.39, 0.29) is 28.8 Å². The van der Waals surface area contributed by atoms with E-state index in [9.17, 15) is 9.59 Å². The summed E-state index contributed by atoms with van der Waals surface area (Å²) in [6.45, 7) is 0. The maximum atomic E-state index is 12.4. The number of ether oxygens (including phenoxy) is 2. The Morgan fingerprint density at radius 3 is 2.29 bits per heavy atom. The lowest BCUT2D eigenvalue weighted by molar-refractivity contribution is 0.0686. The highest BCUT2D eigenvalue weighted by Crippen LogP contribution is 2.18. The topological polar surface area (TPSA) is 112 Å².